The van der Waals surface area contributed by atoms with E-state index < -0.39 is 10.4 Å². The van der Waals surface area contributed by atoms with Crippen LogP contribution in [0.5, 0.6) is 0 Å². The van der Waals surface area contributed by atoms with Crippen molar-refractivity contribution in [2.24, 2.45) is 0 Å². The van der Waals surface area contributed by atoms with Gasteiger partial charge < -0.3 is 0 Å². The molecule has 0 spiro atoms. The Bertz CT molecular complexity index is 312. The third-order valence-corrected chi connectivity index (χ3v) is 2.13. The fraction of sp³-hybridized carbons (Fsp3) is 0.800. The average Bonchev–Trinajstić information content (AvgIpc) is 2.19. The molecule has 6 heteroatoms. The van der Waals surface area contributed by atoms with Crippen LogP contribution >= 0.6 is 0 Å². The number of hydrogen-bond acceptors (Lipinski definition) is 4. The molecule has 5 nitrogen and oxygen atoms in total. The lowest BCUT2D eigenvalue weighted by Gasteiger charge is -1.96. The van der Waals surface area contributed by atoms with Crippen LogP contribution in [0.4, 0.5) is 0 Å². The predicted molar refractivity (Wildman–Crippen MR) is 59.5 cm³/mol. The third-order valence-electron chi connectivity index (χ3n) is 1.89. The maximum atomic E-state index is 10.0. The van der Waals surface area contributed by atoms with Gasteiger partial charge in [0.05, 0.1) is 0 Å². The van der Waals surface area contributed by atoms with Crippen LogP contribution in [-0.4, -0.2) is 13.0 Å². The summed E-state index contributed by atoms with van der Waals surface area (Å²) >= 11 is 0. The van der Waals surface area contributed by atoms with Gasteiger partial charge in [-0.05, 0) is 10.8 Å². The van der Waals surface area contributed by atoms with Gasteiger partial charge in [-0.1, -0.05) is 44.9 Å². The highest BCUT2D eigenvalue weighted by Crippen LogP contribution is 2.06. The summed E-state index contributed by atoms with van der Waals surface area (Å²) < 4.78 is 31.7. The minimum Gasteiger partial charge on any atom is -0.264 e. The van der Waals surface area contributed by atoms with E-state index in [4.69, 9.17) is 4.55 Å². The molecule has 0 amide bonds. The first-order chi connectivity index (χ1) is 7.56. The van der Waals surface area contributed by atoms with Crippen LogP contribution in [-0.2, 0) is 19.6 Å². The van der Waals surface area contributed by atoms with E-state index >= 15 is 0 Å². The Morgan fingerprint density at radius 3 is 2.38 bits per heavy atom. The summed E-state index contributed by atoms with van der Waals surface area (Å²) in [6.07, 6.45) is 9.63. The molecule has 0 aliphatic rings. The molecular weight excluding hydrogens is 232 g/mol. The standard InChI is InChI=1S/C10H18O5S/c1-2-3-4-5-6-7-8-9-10-14-15-16(11,12)13/h2-8H2,1H3,(H,11,12,13). The predicted octanol–water partition coefficient (Wildman–Crippen LogP) is 2.45. The van der Waals surface area contributed by atoms with Crippen molar-refractivity contribution in [3.63, 3.8) is 0 Å². The van der Waals surface area contributed by atoms with Crippen LogP contribution in [0.15, 0.2) is 0 Å². The number of hydrogen-bond donors (Lipinski definition) is 1. The van der Waals surface area contributed by atoms with Crippen molar-refractivity contribution in [1.82, 2.24) is 0 Å². The Morgan fingerprint density at radius 1 is 1.12 bits per heavy atom. The van der Waals surface area contributed by atoms with E-state index in [1.807, 2.05) is 6.11 Å². The molecule has 0 aromatic heterocycles. The first-order valence-electron chi connectivity index (χ1n) is 5.36. The summed E-state index contributed by atoms with van der Waals surface area (Å²) in [4.78, 5) is 3.94. The van der Waals surface area contributed by atoms with E-state index in [1.165, 1.54) is 25.7 Å². The van der Waals surface area contributed by atoms with Crippen molar-refractivity contribution in [3.05, 3.63) is 0 Å². The molecule has 0 rings (SSSR count). The fourth-order valence-electron chi connectivity index (χ4n) is 1.13. The average molecular weight is 250 g/mol. The van der Waals surface area contributed by atoms with Crippen LogP contribution < -0.4 is 0 Å². The molecule has 0 unspecified atom stereocenters. The van der Waals surface area contributed by atoms with Crippen molar-refractivity contribution >= 4 is 10.4 Å². The Morgan fingerprint density at radius 2 is 1.75 bits per heavy atom. The van der Waals surface area contributed by atoms with Gasteiger partial charge in [0.2, 0.25) is 0 Å². The molecule has 0 saturated heterocycles. The minimum absolute atomic E-state index is 0.626. The van der Waals surface area contributed by atoms with Crippen LogP contribution in [0.1, 0.15) is 51.9 Å². The largest absolute Gasteiger partial charge is 0.433 e. The topological polar surface area (TPSA) is 72.8 Å². The molecule has 0 atom stereocenters. The summed E-state index contributed by atoms with van der Waals surface area (Å²) in [5, 5.41) is 0. The van der Waals surface area contributed by atoms with Gasteiger partial charge >= 0.3 is 10.4 Å². The smallest absolute Gasteiger partial charge is 0.264 e. The van der Waals surface area contributed by atoms with Gasteiger partial charge in [-0.3, -0.25) is 9.44 Å². The lowest BCUT2D eigenvalue weighted by molar-refractivity contribution is -0.135. The summed E-state index contributed by atoms with van der Waals surface area (Å²) in [6.45, 7) is 2.16. The zero-order chi connectivity index (χ0) is 12.3. The summed E-state index contributed by atoms with van der Waals surface area (Å²) in [6, 6.07) is 0. The van der Waals surface area contributed by atoms with Crippen molar-refractivity contribution in [2.45, 2.75) is 51.9 Å². The molecule has 0 aliphatic heterocycles. The van der Waals surface area contributed by atoms with Gasteiger partial charge in [-0.2, -0.15) is 8.42 Å². The summed E-state index contributed by atoms with van der Waals surface area (Å²) in [5.74, 6) is 2.58. The molecule has 1 N–H and O–H groups in total. The second kappa shape index (κ2) is 9.46. The maximum Gasteiger partial charge on any atom is 0.433 e. The lowest BCUT2D eigenvalue weighted by Crippen LogP contribution is -2.01. The first kappa shape index (κ1) is 15.2. The van der Waals surface area contributed by atoms with E-state index in [0.717, 1.165) is 12.8 Å². The van der Waals surface area contributed by atoms with Crippen molar-refractivity contribution < 1.29 is 22.2 Å². The highest BCUT2D eigenvalue weighted by Gasteiger charge is 2.03. The Hall–Kier alpha value is -0.770. The number of rotatable bonds is 8. The maximum absolute atomic E-state index is 10.0. The molecule has 0 heterocycles. The Labute approximate surface area is 97.0 Å². The molecule has 0 aromatic rings. The Balaban J connectivity index is 3.28. The normalized spacial score (nSPS) is 10.6. The van der Waals surface area contributed by atoms with E-state index in [2.05, 4.69) is 22.1 Å². The van der Waals surface area contributed by atoms with E-state index in [9.17, 15) is 8.42 Å². The molecule has 0 aliphatic carbocycles. The van der Waals surface area contributed by atoms with Crippen LogP contribution in [0, 0.1) is 12.0 Å². The van der Waals surface area contributed by atoms with Gasteiger partial charge in [-0.25, -0.2) is 0 Å². The van der Waals surface area contributed by atoms with Crippen molar-refractivity contribution in [3.8, 4) is 12.0 Å². The second-order valence-corrected chi connectivity index (χ2v) is 4.37. The molecule has 0 aromatic carbocycles. The van der Waals surface area contributed by atoms with Gasteiger partial charge in [0.15, 0.2) is 6.11 Å². The van der Waals surface area contributed by atoms with Crippen LogP contribution in [0.25, 0.3) is 0 Å². The highest BCUT2D eigenvalue weighted by atomic mass is 32.3. The molecule has 0 bridgehead atoms. The quantitative estimate of drug-likeness (QED) is 0.235. The second-order valence-electron chi connectivity index (χ2n) is 3.38. The molecule has 0 fully saturated rings. The molecule has 16 heavy (non-hydrogen) atoms. The van der Waals surface area contributed by atoms with Gasteiger partial charge in [0, 0.05) is 6.42 Å². The molecule has 0 saturated carbocycles. The summed E-state index contributed by atoms with van der Waals surface area (Å²) in [7, 11) is -4.56. The molecule has 94 valence electrons. The third kappa shape index (κ3) is 13.2. The zero-order valence-electron chi connectivity index (χ0n) is 9.44. The van der Waals surface area contributed by atoms with E-state index in [1.54, 1.807) is 0 Å². The first-order valence-corrected chi connectivity index (χ1v) is 6.73. The van der Waals surface area contributed by atoms with Gasteiger partial charge in [0.25, 0.3) is 0 Å². The fourth-order valence-corrected chi connectivity index (χ4v) is 1.25. The minimum atomic E-state index is -4.56. The Kier molecular flexibility index (Phi) is 9.00. The van der Waals surface area contributed by atoms with Crippen molar-refractivity contribution in [2.75, 3.05) is 0 Å². The van der Waals surface area contributed by atoms with E-state index in [-0.39, 0.29) is 0 Å². The van der Waals surface area contributed by atoms with Crippen LogP contribution in [0.3, 0.4) is 0 Å². The SMILES string of the molecule is CCCCCCCCC#COOS(=O)(=O)O. The van der Waals surface area contributed by atoms with E-state index in [0.29, 0.717) is 6.42 Å². The lowest BCUT2D eigenvalue weighted by atomic mass is 10.1. The molecule has 0 radical (unpaired) electrons. The van der Waals surface area contributed by atoms with Gasteiger partial charge in [0.1, 0.15) is 0 Å². The monoisotopic (exact) mass is 250 g/mol. The number of unbranched alkanes of at least 4 members (excludes halogenated alkanes) is 6. The highest BCUT2D eigenvalue weighted by molar-refractivity contribution is 7.80. The van der Waals surface area contributed by atoms with Gasteiger partial charge in [-0.15, -0.1) is 0 Å². The molecular formula is C10H18O5S. The zero-order valence-corrected chi connectivity index (χ0v) is 10.3. The van der Waals surface area contributed by atoms with Crippen LogP contribution in [0.2, 0.25) is 0 Å². The summed E-state index contributed by atoms with van der Waals surface area (Å²) in [5.41, 5.74) is 0. The van der Waals surface area contributed by atoms with Crippen molar-refractivity contribution in [1.29, 1.82) is 0 Å².